The predicted octanol–water partition coefficient (Wildman–Crippen LogP) is 9.93. The van der Waals surface area contributed by atoms with Crippen LogP contribution in [-0.2, 0) is 19.8 Å². The molecule has 15 nitrogen and oxygen atoms in total. The number of β-amino-alcohol motifs (C(OH)–C–C–N with tert-alkyl or cyclic N) is 1. The lowest BCUT2D eigenvalue weighted by molar-refractivity contribution is -0.146. The molecule has 7 heterocycles. The van der Waals surface area contributed by atoms with Crippen molar-refractivity contribution in [3.05, 3.63) is 110 Å². The molecule has 416 valence electrons. The van der Waals surface area contributed by atoms with Crippen LogP contribution in [0.5, 0.6) is 0 Å². The van der Waals surface area contributed by atoms with Crippen molar-refractivity contribution in [2.24, 2.45) is 34.0 Å². The lowest BCUT2D eigenvalue weighted by Gasteiger charge is -2.41. The summed E-state index contributed by atoms with van der Waals surface area (Å²) in [7, 11) is 0. The maximum absolute atomic E-state index is 15.0. The number of aromatic nitrogens is 3. The minimum atomic E-state index is -0.814. The predicted molar refractivity (Wildman–Crippen MR) is 306 cm³/mol. The first kappa shape index (κ1) is 52.8. The molecule has 2 N–H and O–H groups in total. The number of fused-ring (bicyclic) bond motifs is 7. The van der Waals surface area contributed by atoms with Crippen molar-refractivity contribution in [2.75, 3.05) is 45.8 Å². The maximum Gasteiger partial charge on any atom is 0.282 e. The highest BCUT2D eigenvalue weighted by Crippen LogP contribution is 2.52. The van der Waals surface area contributed by atoms with Gasteiger partial charge in [0.2, 0.25) is 17.7 Å². The number of likely N-dealkylation sites (tertiary alicyclic amines) is 3. The standard InChI is InChI=1S/C62H75ClN10O5S/c1-37(40-13-17-44(18-14-40)56-38(2)64-36-79-56)65-57(75)53-32-47(74)34-71(53)60(78)55(72-35-50(67-68-72)42-15-16-42)43-23-29-70(30-24-43)59(77)45-11-9-39(10-12-45)33-69-27-21-41(22-28-69)46-19-20-48-52(31-46)73-51-8-6-7-49(63)54(51)58(76)66-61(73)62(48)25-4-3-5-26-62/h6-8,13-14,17-20,31,36-37,39,41-43,45,47,50,53,55,74H,3-5,9-12,15-16,21-30,32-35H2,1-2H3,(H,65,75)/t37-,39?,45?,47+,50?,53-,55-/m0/s1. The van der Waals surface area contributed by atoms with Gasteiger partial charge in [-0.15, -0.1) is 11.3 Å². The maximum atomic E-state index is 15.0. The summed E-state index contributed by atoms with van der Waals surface area (Å²) in [5, 5.41) is 26.3. The highest BCUT2D eigenvalue weighted by Gasteiger charge is 2.50. The van der Waals surface area contributed by atoms with Crippen molar-refractivity contribution in [2.45, 2.75) is 158 Å². The van der Waals surface area contributed by atoms with Gasteiger partial charge >= 0.3 is 0 Å². The molecule has 1 unspecified atom stereocenters. The van der Waals surface area contributed by atoms with E-state index in [4.69, 9.17) is 16.6 Å². The van der Waals surface area contributed by atoms with E-state index in [1.807, 2.05) is 48.6 Å². The number of aliphatic hydroxyl groups is 1. The summed E-state index contributed by atoms with van der Waals surface area (Å²) < 4.78 is 2.27. The molecule has 3 saturated heterocycles. The summed E-state index contributed by atoms with van der Waals surface area (Å²) in [6.45, 7) is 8.97. The number of piperidine rings is 2. The molecule has 13 rings (SSSR count). The number of amides is 3. The molecule has 8 aliphatic rings. The number of hydrogen-bond acceptors (Lipinski definition) is 12. The average molecular weight is 1110 g/mol. The van der Waals surface area contributed by atoms with E-state index in [0.29, 0.717) is 60.6 Å². The zero-order chi connectivity index (χ0) is 54.1. The van der Waals surface area contributed by atoms with Gasteiger partial charge in [-0.25, -0.2) is 4.98 Å². The van der Waals surface area contributed by atoms with Crippen LogP contribution in [0.15, 0.2) is 81.3 Å². The van der Waals surface area contributed by atoms with Gasteiger partial charge in [-0.05, 0) is 168 Å². The summed E-state index contributed by atoms with van der Waals surface area (Å²) in [6.07, 6.45) is 14.6. The Morgan fingerprint density at radius 1 is 0.886 bits per heavy atom. The van der Waals surface area contributed by atoms with Crippen LogP contribution < -0.4 is 10.9 Å². The van der Waals surface area contributed by atoms with Crippen LogP contribution in [0.3, 0.4) is 0 Å². The molecule has 5 aliphatic heterocycles. The van der Waals surface area contributed by atoms with Gasteiger partial charge in [0.1, 0.15) is 17.9 Å². The Hall–Kier alpha value is -5.55. The number of benzene rings is 3. The third-order valence-corrected chi connectivity index (χ3v) is 21.2. The van der Waals surface area contributed by atoms with Crippen molar-refractivity contribution >= 4 is 51.6 Å². The fraction of sp³-hybridized carbons (Fsp3) is 0.581. The molecule has 0 radical (unpaired) electrons. The van der Waals surface area contributed by atoms with Crippen molar-refractivity contribution in [1.82, 2.24) is 39.6 Å². The van der Waals surface area contributed by atoms with Gasteiger partial charge in [-0.2, -0.15) is 10.1 Å². The van der Waals surface area contributed by atoms with Gasteiger partial charge in [0.25, 0.3) is 5.56 Å². The highest BCUT2D eigenvalue weighted by molar-refractivity contribution is 7.13. The SMILES string of the molecule is Cc1ncsc1-c1ccc([C@H](C)NC(=O)[C@@H]2C[C@@H](O)CN2C(=O)[C@H](C2CCN(C(=O)C3CCC(CN4CCC(c5ccc6c(c5)-n5c(nc(=O)c7c(Cl)cccc75)C65CCCCC5)CC4)CC3)CC2)N2CC(C3CC3)N=N2)cc1. The summed E-state index contributed by atoms with van der Waals surface area (Å²) in [6, 6.07) is 19.4. The number of carbonyl (C=O) groups excluding carboxylic acids is 3. The smallest absolute Gasteiger partial charge is 0.282 e. The lowest BCUT2D eigenvalue weighted by Crippen LogP contribution is -2.57. The Balaban J connectivity index is 0.609. The third-order valence-electron chi connectivity index (χ3n) is 19.9. The second-order valence-electron chi connectivity index (χ2n) is 24.8. The number of hydrogen-bond donors (Lipinski definition) is 2. The van der Waals surface area contributed by atoms with Crippen LogP contribution in [0.25, 0.3) is 27.0 Å². The third kappa shape index (κ3) is 10.0. The molecule has 1 spiro atoms. The normalized spacial score (nSPS) is 26.2. The number of rotatable bonds is 12. The number of aliphatic hydroxyl groups excluding tert-OH is 1. The van der Waals surface area contributed by atoms with E-state index >= 15 is 4.79 Å². The zero-order valence-electron chi connectivity index (χ0n) is 45.8. The largest absolute Gasteiger partial charge is 0.391 e. The van der Waals surface area contributed by atoms with Crippen LogP contribution in [0.1, 0.15) is 150 Å². The van der Waals surface area contributed by atoms with Crippen LogP contribution in [-0.4, -0.2) is 127 Å². The number of nitrogens with zero attached hydrogens (tertiary/aromatic N) is 9. The Labute approximate surface area is 472 Å². The first-order valence-electron chi connectivity index (χ1n) is 29.7. The van der Waals surface area contributed by atoms with Crippen LogP contribution in [0, 0.1) is 30.6 Å². The van der Waals surface area contributed by atoms with E-state index in [9.17, 15) is 19.5 Å². The summed E-state index contributed by atoms with van der Waals surface area (Å²) in [4.78, 5) is 73.5. The van der Waals surface area contributed by atoms with E-state index in [0.717, 1.165) is 130 Å². The number of aryl methyl sites for hydroxylation is 1. The Kier molecular flexibility index (Phi) is 14.5. The van der Waals surface area contributed by atoms with Crippen molar-refractivity contribution in [3.63, 3.8) is 0 Å². The molecule has 3 saturated carbocycles. The minimum absolute atomic E-state index is 0.0231. The van der Waals surface area contributed by atoms with Gasteiger partial charge in [0, 0.05) is 38.5 Å². The molecular weight excluding hydrogens is 1030 g/mol. The molecule has 6 fully saturated rings. The quantitative estimate of drug-likeness (QED) is 0.124. The number of halogens is 1. The highest BCUT2D eigenvalue weighted by atomic mass is 35.5. The van der Waals surface area contributed by atoms with E-state index in [1.54, 1.807) is 22.3 Å². The molecule has 2 aromatic heterocycles. The molecule has 3 aliphatic carbocycles. The number of carbonyl (C=O) groups is 3. The Morgan fingerprint density at radius 2 is 1.65 bits per heavy atom. The van der Waals surface area contributed by atoms with Crippen molar-refractivity contribution < 1.29 is 19.5 Å². The Morgan fingerprint density at radius 3 is 2.37 bits per heavy atom. The molecule has 0 bridgehead atoms. The average Bonchev–Trinajstić information content (AvgIpc) is 3.59. The number of nitrogens with one attached hydrogen (secondary N) is 1. The molecule has 3 aromatic carbocycles. The monoisotopic (exact) mass is 1110 g/mol. The molecule has 17 heteroatoms. The lowest BCUT2D eigenvalue weighted by atomic mass is 9.69. The van der Waals surface area contributed by atoms with Gasteiger partial charge < -0.3 is 25.1 Å². The van der Waals surface area contributed by atoms with Gasteiger partial charge in [0.05, 0.1) is 67.8 Å². The summed E-state index contributed by atoms with van der Waals surface area (Å²) in [5.74, 6) is 2.16. The van der Waals surface area contributed by atoms with E-state index in [1.165, 1.54) is 23.2 Å². The molecule has 5 atom stereocenters. The topological polar surface area (TPSA) is 169 Å². The van der Waals surface area contributed by atoms with Gasteiger partial charge in [-0.3, -0.25) is 28.8 Å². The second kappa shape index (κ2) is 21.7. The van der Waals surface area contributed by atoms with Crippen molar-refractivity contribution in [1.29, 1.82) is 0 Å². The zero-order valence-corrected chi connectivity index (χ0v) is 47.4. The first-order valence-corrected chi connectivity index (χ1v) is 31.0. The van der Waals surface area contributed by atoms with E-state index < -0.39 is 18.2 Å². The fourth-order valence-electron chi connectivity index (χ4n) is 15.3. The number of thiazole rings is 1. The second-order valence-corrected chi connectivity index (χ2v) is 26.0. The van der Waals surface area contributed by atoms with Crippen molar-refractivity contribution in [3.8, 4) is 16.1 Å². The van der Waals surface area contributed by atoms with Gasteiger partial charge in [0.15, 0.2) is 0 Å². The fourth-order valence-corrected chi connectivity index (χ4v) is 16.3. The molecule has 5 aromatic rings. The first-order chi connectivity index (χ1) is 38.4. The summed E-state index contributed by atoms with van der Waals surface area (Å²) in [5.41, 5.74) is 9.11. The molecule has 3 amide bonds. The van der Waals surface area contributed by atoms with E-state index in [2.05, 4.69) is 65.3 Å². The Bertz CT molecular complexity index is 3200. The van der Waals surface area contributed by atoms with Crippen LogP contribution in [0.4, 0.5) is 0 Å². The van der Waals surface area contributed by atoms with Crippen LogP contribution in [0.2, 0.25) is 5.02 Å². The van der Waals surface area contributed by atoms with Crippen LogP contribution >= 0.6 is 22.9 Å². The van der Waals surface area contributed by atoms with Gasteiger partial charge in [-0.1, -0.05) is 78.6 Å². The summed E-state index contributed by atoms with van der Waals surface area (Å²) >= 11 is 8.26. The van der Waals surface area contributed by atoms with E-state index in [-0.39, 0.29) is 65.6 Å². The minimum Gasteiger partial charge on any atom is -0.391 e. The molecular formula is C62H75ClN10O5S. The molecule has 79 heavy (non-hydrogen) atoms.